The van der Waals surface area contributed by atoms with Gasteiger partial charge in [-0.25, -0.2) is 0 Å². The summed E-state index contributed by atoms with van der Waals surface area (Å²) in [7, 11) is 1.63. The maximum Gasteiger partial charge on any atom is 0.307 e. The van der Waals surface area contributed by atoms with Gasteiger partial charge in [0.2, 0.25) is 0 Å². The highest BCUT2D eigenvalue weighted by Gasteiger charge is 2.15. The standard InChI is InChI=1S/C13H19NO3/c1-3-17-13(15)8-12(14)11-7-5-4-6-10(11)9-16-2/h4-7,12H,3,8-9,14H2,1-2H3/t12-/m0/s1. The molecule has 17 heavy (non-hydrogen) atoms. The van der Waals surface area contributed by atoms with Gasteiger partial charge >= 0.3 is 5.97 Å². The molecule has 0 aliphatic rings. The number of rotatable bonds is 6. The van der Waals surface area contributed by atoms with Crippen molar-refractivity contribution in [3.8, 4) is 0 Å². The van der Waals surface area contributed by atoms with E-state index in [4.69, 9.17) is 15.2 Å². The lowest BCUT2D eigenvalue weighted by molar-refractivity contribution is -0.143. The normalized spacial score (nSPS) is 12.2. The van der Waals surface area contributed by atoms with E-state index in [2.05, 4.69) is 0 Å². The smallest absolute Gasteiger partial charge is 0.307 e. The van der Waals surface area contributed by atoms with E-state index in [1.807, 2.05) is 24.3 Å². The minimum atomic E-state index is -0.347. The second-order valence-electron chi connectivity index (χ2n) is 3.75. The minimum absolute atomic E-state index is 0.189. The summed E-state index contributed by atoms with van der Waals surface area (Å²) in [5, 5.41) is 0. The van der Waals surface area contributed by atoms with Gasteiger partial charge in [0.15, 0.2) is 0 Å². The van der Waals surface area contributed by atoms with E-state index in [1.165, 1.54) is 0 Å². The number of carbonyl (C=O) groups is 1. The summed E-state index contributed by atoms with van der Waals surface area (Å²) < 4.78 is 9.98. The first-order valence-electron chi connectivity index (χ1n) is 5.67. The van der Waals surface area contributed by atoms with Crippen molar-refractivity contribution in [1.29, 1.82) is 0 Å². The first-order chi connectivity index (χ1) is 8.19. The van der Waals surface area contributed by atoms with Crippen LogP contribution in [0.3, 0.4) is 0 Å². The van der Waals surface area contributed by atoms with Crippen LogP contribution in [0.15, 0.2) is 24.3 Å². The molecule has 0 aliphatic heterocycles. The molecule has 0 unspecified atom stereocenters. The van der Waals surface area contributed by atoms with Crippen LogP contribution in [0.1, 0.15) is 30.5 Å². The second-order valence-corrected chi connectivity index (χ2v) is 3.75. The average molecular weight is 237 g/mol. The number of hydrogen-bond donors (Lipinski definition) is 1. The van der Waals surface area contributed by atoms with Crippen LogP contribution in [0.5, 0.6) is 0 Å². The fraction of sp³-hybridized carbons (Fsp3) is 0.462. The van der Waals surface area contributed by atoms with Gasteiger partial charge in [-0.05, 0) is 18.1 Å². The summed E-state index contributed by atoms with van der Waals surface area (Å²) in [5.41, 5.74) is 7.94. The van der Waals surface area contributed by atoms with Gasteiger partial charge in [0.1, 0.15) is 0 Å². The fourth-order valence-electron chi connectivity index (χ4n) is 1.69. The summed E-state index contributed by atoms with van der Waals surface area (Å²) in [6.07, 6.45) is 0.189. The van der Waals surface area contributed by atoms with Crippen molar-refractivity contribution in [2.75, 3.05) is 13.7 Å². The summed E-state index contributed by atoms with van der Waals surface area (Å²) in [6, 6.07) is 7.34. The van der Waals surface area contributed by atoms with Crippen LogP contribution in [-0.2, 0) is 20.9 Å². The Kier molecular flexibility index (Phi) is 5.66. The van der Waals surface area contributed by atoms with E-state index < -0.39 is 0 Å². The van der Waals surface area contributed by atoms with Crippen molar-refractivity contribution < 1.29 is 14.3 Å². The molecule has 1 aromatic rings. The van der Waals surface area contributed by atoms with E-state index in [0.717, 1.165) is 11.1 Å². The summed E-state index contributed by atoms with van der Waals surface area (Å²) in [6.45, 7) is 2.65. The fourth-order valence-corrected chi connectivity index (χ4v) is 1.69. The number of esters is 1. The molecule has 4 heteroatoms. The van der Waals surface area contributed by atoms with Gasteiger partial charge < -0.3 is 15.2 Å². The van der Waals surface area contributed by atoms with E-state index >= 15 is 0 Å². The van der Waals surface area contributed by atoms with Gasteiger partial charge in [-0.3, -0.25) is 4.79 Å². The Morgan fingerprint density at radius 3 is 2.76 bits per heavy atom. The molecule has 1 rings (SSSR count). The highest BCUT2D eigenvalue weighted by atomic mass is 16.5. The maximum atomic E-state index is 11.4. The Labute approximate surface area is 102 Å². The third-order valence-corrected chi connectivity index (χ3v) is 2.45. The van der Waals surface area contributed by atoms with Crippen LogP contribution >= 0.6 is 0 Å². The molecule has 0 amide bonds. The van der Waals surface area contributed by atoms with E-state index in [-0.39, 0.29) is 18.4 Å². The van der Waals surface area contributed by atoms with Gasteiger partial charge in [0.25, 0.3) is 0 Å². The SMILES string of the molecule is CCOC(=O)C[C@H](N)c1ccccc1COC. The molecule has 1 aromatic carbocycles. The molecular formula is C13H19NO3. The Hall–Kier alpha value is -1.39. The molecule has 4 nitrogen and oxygen atoms in total. The highest BCUT2D eigenvalue weighted by molar-refractivity contribution is 5.70. The van der Waals surface area contributed by atoms with E-state index in [1.54, 1.807) is 14.0 Å². The third kappa shape index (κ3) is 4.17. The van der Waals surface area contributed by atoms with Crippen LogP contribution in [0.4, 0.5) is 0 Å². The molecule has 0 spiro atoms. The zero-order valence-electron chi connectivity index (χ0n) is 10.3. The Bertz CT molecular complexity index is 365. The van der Waals surface area contributed by atoms with Crippen molar-refractivity contribution in [3.05, 3.63) is 35.4 Å². The Morgan fingerprint density at radius 2 is 2.12 bits per heavy atom. The van der Waals surface area contributed by atoms with E-state index in [9.17, 15) is 4.79 Å². The molecule has 0 fully saturated rings. The number of ether oxygens (including phenoxy) is 2. The molecular weight excluding hydrogens is 218 g/mol. The summed E-state index contributed by atoms with van der Waals surface area (Å²) >= 11 is 0. The summed E-state index contributed by atoms with van der Waals surface area (Å²) in [4.78, 5) is 11.4. The van der Waals surface area contributed by atoms with Crippen molar-refractivity contribution in [3.63, 3.8) is 0 Å². The molecule has 2 N–H and O–H groups in total. The van der Waals surface area contributed by atoms with Gasteiger partial charge in [-0.15, -0.1) is 0 Å². The molecule has 0 bridgehead atoms. The lowest BCUT2D eigenvalue weighted by atomic mass is 9.99. The van der Waals surface area contributed by atoms with Crippen LogP contribution < -0.4 is 5.73 Å². The van der Waals surface area contributed by atoms with Crippen LogP contribution in [-0.4, -0.2) is 19.7 Å². The van der Waals surface area contributed by atoms with Gasteiger partial charge in [0, 0.05) is 13.2 Å². The van der Waals surface area contributed by atoms with E-state index in [0.29, 0.717) is 13.2 Å². The van der Waals surface area contributed by atoms with Gasteiger partial charge in [-0.2, -0.15) is 0 Å². The lowest BCUT2D eigenvalue weighted by Crippen LogP contribution is -2.18. The molecule has 0 aromatic heterocycles. The Morgan fingerprint density at radius 1 is 1.41 bits per heavy atom. The zero-order valence-corrected chi connectivity index (χ0v) is 10.3. The molecule has 0 aliphatic carbocycles. The van der Waals surface area contributed by atoms with Crippen molar-refractivity contribution in [1.82, 2.24) is 0 Å². The molecule has 0 heterocycles. The van der Waals surface area contributed by atoms with Crippen LogP contribution in [0, 0.1) is 0 Å². The van der Waals surface area contributed by atoms with Gasteiger partial charge in [0.05, 0.1) is 19.6 Å². The van der Waals surface area contributed by atoms with Crippen LogP contribution in [0.25, 0.3) is 0 Å². The first-order valence-corrected chi connectivity index (χ1v) is 5.67. The average Bonchev–Trinajstić information content (AvgIpc) is 2.30. The van der Waals surface area contributed by atoms with Crippen LogP contribution in [0.2, 0.25) is 0 Å². The Balaban J connectivity index is 2.73. The molecule has 0 saturated carbocycles. The predicted octanol–water partition coefficient (Wildman–Crippen LogP) is 1.79. The zero-order chi connectivity index (χ0) is 12.7. The number of nitrogens with two attached hydrogens (primary N) is 1. The van der Waals surface area contributed by atoms with Crippen molar-refractivity contribution >= 4 is 5.97 Å². The number of hydrogen-bond acceptors (Lipinski definition) is 4. The second kappa shape index (κ2) is 7.04. The monoisotopic (exact) mass is 237 g/mol. The van der Waals surface area contributed by atoms with Crippen molar-refractivity contribution in [2.24, 2.45) is 5.73 Å². The predicted molar refractivity (Wildman–Crippen MR) is 65.3 cm³/mol. The largest absolute Gasteiger partial charge is 0.466 e. The minimum Gasteiger partial charge on any atom is -0.466 e. The molecule has 0 saturated heterocycles. The molecule has 94 valence electrons. The molecule has 1 atom stereocenters. The van der Waals surface area contributed by atoms with Gasteiger partial charge in [-0.1, -0.05) is 24.3 Å². The quantitative estimate of drug-likeness (QED) is 0.766. The third-order valence-electron chi connectivity index (χ3n) is 2.45. The molecule has 0 radical (unpaired) electrons. The lowest BCUT2D eigenvalue weighted by Gasteiger charge is -2.15. The number of methoxy groups -OCH3 is 1. The highest BCUT2D eigenvalue weighted by Crippen LogP contribution is 2.20. The number of benzene rings is 1. The first kappa shape index (κ1) is 13.7. The number of carbonyl (C=O) groups excluding carboxylic acids is 1. The maximum absolute atomic E-state index is 11.4. The topological polar surface area (TPSA) is 61.5 Å². The summed E-state index contributed by atoms with van der Waals surface area (Å²) in [5.74, 6) is -0.271. The van der Waals surface area contributed by atoms with Crippen molar-refractivity contribution in [2.45, 2.75) is 26.0 Å².